The summed E-state index contributed by atoms with van der Waals surface area (Å²) in [4.78, 5) is 31.1. The van der Waals surface area contributed by atoms with Crippen molar-refractivity contribution in [2.24, 2.45) is 5.92 Å². The first-order valence-corrected chi connectivity index (χ1v) is 13.2. The van der Waals surface area contributed by atoms with E-state index >= 15 is 0 Å². The van der Waals surface area contributed by atoms with Crippen LogP contribution in [-0.2, 0) is 23.9 Å². The van der Waals surface area contributed by atoms with Crippen LogP contribution in [0.4, 0.5) is 0 Å². The summed E-state index contributed by atoms with van der Waals surface area (Å²) in [5.41, 5.74) is 0. The normalized spacial score (nSPS) is 9.91. The van der Waals surface area contributed by atoms with Gasteiger partial charge in [0, 0.05) is 13.3 Å². The summed E-state index contributed by atoms with van der Waals surface area (Å²) in [7, 11) is 0. The van der Waals surface area contributed by atoms with Gasteiger partial charge in [-0.3, -0.25) is 14.4 Å². The maximum Gasteiger partial charge on any atom is 0.305 e. The molecule has 0 atom stereocenters. The molecule has 0 aromatic rings. The van der Waals surface area contributed by atoms with Crippen molar-refractivity contribution >= 4 is 17.9 Å². The van der Waals surface area contributed by atoms with Gasteiger partial charge < -0.3 is 14.6 Å². The van der Waals surface area contributed by atoms with E-state index in [0.29, 0.717) is 19.6 Å². The number of hydrogen-bond donors (Lipinski definition) is 1. The molecule has 33 heavy (non-hydrogen) atoms. The minimum atomic E-state index is -0.741. The summed E-state index contributed by atoms with van der Waals surface area (Å²) >= 11 is 0. The van der Waals surface area contributed by atoms with Crippen molar-refractivity contribution in [2.45, 2.75) is 138 Å². The maximum atomic E-state index is 11.0. The molecule has 198 valence electrons. The lowest BCUT2D eigenvalue weighted by Gasteiger charge is -2.03. The molecule has 0 aliphatic heterocycles. The highest BCUT2D eigenvalue weighted by Crippen LogP contribution is 2.07. The van der Waals surface area contributed by atoms with E-state index in [1.807, 2.05) is 6.92 Å². The van der Waals surface area contributed by atoms with Crippen molar-refractivity contribution in [3.8, 4) is 0 Å². The van der Waals surface area contributed by atoms with Gasteiger partial charge in [0.15, 0.2) is 0 Å². The molecule has 0 saturated heterocycles. The molecule has 0 heterocycles. The van der Waals surface area contributed by atoms with Gasteiger partial charge in [-0.05, 0) is 19.3 Å². The minimum Gasteiger partial charge on any atom is -0.481 e. The summed E-state index contributed by atoms with van der Waals surface area (Å²) in [6.45, 7) is 12.4. The zero-order valence-electron chi connectivity index (χ0n) is 22.6. The highest BCUT2D eigenvalue weighted by molar-refractivity contribution is 5.69. The van der Waals surface area contributed by atoms with Crippen LogP contribution in [0.25, 0.3) is 0 Å². The van der Waals surface area contributed by atoms with Crippen LogP contribution in [0.5, 0.6) is 0 Å². The largest absolute Gasteiger partial charge is 0.481 e. The predicted molar refractivity (Wildman–Crippen MR) is 136 cm³/mol. The monoisotopic (exact) mass is 474 g/mol. The molecule has 0 aromatic heterocycles. The van der Waals surface area contributed by atoms with Crippen molar-refractivity contribution in [3.05, 3.63) is 0 Å². The first-order valence-electron chi connectivity index (χ1n) is 13.2. The molecule has 1 N–H and O–H groups in total. The average molecular weight is 475 g/mol. The standard InChI is InChI=1S/C12H24O2.C11H22O2.C4H8O2/c1-3-5-6-7-8-9-11-14-12(13)10-4-2;1-3-4-5-6-7-8-9-10-13-11(2)12;1-3(2)4(5)6/h3-11H2,1-2H3;3-10H2,1-2H3;3H,1-2H3,(H,5,6). The lowest BCUT2D eigenvalue weighted by atomic mass is 10.1. The second kappa shape index (κ2) is 30.4. The third-order valence-electron chi connectivity index (χ3n) is 4.76. The molecule has 0 unspecified atom stereocenters. The zero-order valence-corrected chi connectivity index (χ0v) is 22.6. The minimum absolute atomic E-state index is 0.0407. The Kier molecular flexibility index (Phi) is 33.2. The molecule has 0 spiro atoms. The first-order chi connectivity index (χ1) is 15.7. The Balaban J connectivity index is -0.000000441. The molecule has 0 aliphatic carbocycles. The summed E-state index contributed by atoms with van der Waals surface area (Å²) in [6.07, 6.45) is 17.7. The number of carbonyl (C=O) groups excluding carboxylic acids is 2. The molecule has 0 radical (unpaired) electrons. The van der Waals surface area contributed by atoms with Gasteiger partial charge in [-0.1, -0.05) is 105 Å². The fourth-order valence-electron chi connectivity index (χ4n) is 2.62. The van der Waals surface area contributed by atoms with Gasteiger partial charge in [-0.25, -0.2) is 0 Å². The number of hydrogen-bond acceptors (Lipinski definition) is 5. The summed E-state index contributed by atoms with van der Waals surface area (Å²) < 4.78 is 9.88. The van der Waals surface area contributed by atoms with E-state index in [9.17, 15) is 14.4 Å². The van der Waals surface area contributed by atoms with Gasteiger partial charge in [0.2, 0.25) is 0 Å². The Morgan fingerprint density at radius 1 is 0.636 bits per heavy atom. The Hall–Kier alpha value is -1.59. The summed E-state index contributed by atoms with van der Waals surface area (Å²) in [5.74, 6) is -1.17. The van der Waals surface area contributed by atoms with E-state index in [1.165, 1.54) is 77.6 Å². The van der Waals surface area contributed by atoms with Crippen LogP contribution in [0, 0.1) is 5.92 Å². The van der Waals surface area contributed by atoms with Gasteiger partial charge in [-0.15, -0.1) is 0 Å². The van der Waals surface area contributed by atoms with Crippen LogP contribution in [0.1, 0.15) is 138 Å². The molecular formula is C27H54O6. The summed E-state index contributed by atoms with van der Waals surface area (Å²) in [5, 5.41) is 7.99. The Bertz CT molecular complexity index is 434. The zero-order chi connectivity index (χ0) is 25.7. The fraction of sp³-hybridized carbons (Fsp3) is 0.889. The number of carboxylic acids is 1. The molecule has 6 nitrogen and oxygen atoms in total. The number of carboxylic acid groups (broad SMARTS) is 1. The number of esters is 2. The van der Waals surface area contributed by atoms with Crippen LogP contribution < -0.4 is 0 Å². The van der Waals surface area contributed by atoms with Crippen LogP contribution in [0.3, 0.4) is 0 Å². The summed E-state index contributed by atoms with van der Waals surface area (Å²) in [6, 6.07) is 0. The topological polar surface area (TPSA) is 89.9 Å². The molecule has 0 amide bonds. The molecular weight excluding hydrogens is 420 g/mol. The molecule has 0 aliphatic rings. The van der Waals surface area contributed by atoms with Crippen molar-refractivity contribution in [2.75, 3.05) is 13.2 Å². The van der Waals surface area contributed by atoms with Crippen molar-refractivity contribution in [1.82, 2.24) is 0 Å². The molecule has 0 saturated carbocycles. The number of ether oxygens (including phenoxy) is 2. The van der Waals surface area contributed by atoms with Gasteiger partial charge in [0.05, 0.1) is 19.1 Å². The highest BCUT2D eigenvalue weighted by Gasteiger charge is 2.00. The third kappa shape index (κ3) is 41.2. The molecule has 6 heteroatoms. The first kappa shape index (κ1) is 36.0. The van der Waals surface area contributed by atoms with Crippen LogP contribution in [-0.4, -0.2) is 36.2 Å². The van der Waals surface area contributed by atoms with Gasteiger partial charge in [0.25, 0.3) is 0 Å². The van der Waals surface area contributed by atoms with Crippen LogP contribution >= 0.6 is 0 Å². The number of rotatable bonds is 18. The second-order valence-corrected chi connectivity index (χ2v) is 8.69. The van der Waals surface area contributed by atoms with Crippen molar-refractivity contribution in [3.63, 3.8) is 0 Å². The lowest BCUT2D eigenvalue weighted by Crippen LogP contribution is -2.04. The van der Waals surface area contributed by atoms with Gasteiger partial charge >= 0.3 is 17.9 Å². The van der Waals surface area contributed by atoms with Crippen LogP contribution in [0.15, 0.2) is 0 Å². The van der Waals surface area contributed by atoms with E-state index < -0.39 is 5.97 Å². The van der Waals surface area contributed by atoms with Crippen molar-refractivity contribution < 1.29 is 29.0 Å². The Morgan fingerprint density at radius 3 is 1.33 bits per heavy atom. The van der Waals surface area contributed by atoms with E-state index in [1.54, 1.807) is 13.8 Å². The second-order valence-electron chi connectivity index (χ2n) is 8.69. The van der Waals surface area contributed by atoms with Gasteiger partial charge in [-0.2, -0.15) is 0 Å². The van der Waals surface area contributed by atoms with E-state index in [2.05, 4.69) is 13.8 Å². The maximum absolute atomic E-state index is 11.0. The predicted octanol–water partition coefficient (Wildman–Crippen LogP) is 7.72. The molecule has 0 bridgehead atoms. The van der Waals surface area contributed by atoms with E-state index in [0.717, 1.165) is 19.3 Å². The van der Waals surface area contributed by atoms with Crippen LogP contribution in [0.2, 0.25) is 0 Å². The average Bonchev–Trinajstić information content (AvgIpc) is 2.76. The molecule has 0 rings (SSSR count). The van der Waals surface area contributed by atoms with E-state index in [4.69, 9.17) is 14.6 Å². The molecule has 0 aromatic carbocycles. The Labute approximate surface area is 204 Å². The van der Waals surface area contributed by atoms with E-state index in [-0.39, 0.29) is 17.9 Å². The molecule has 0 fully saturated rings. The number of unbranched alkanes of at least 4 members (excludes halogenated alkanes) is 11. The van der Waals surface area contributed by atoms with Gasteiger partial charge in [0.1, 0.15) is 0 Å². The number of carbonyl (C=O) groups is 3. The SMILES string of the molecule is CC(C)C(=O)O.CCCCCCCCCOC(C)=O.CCCCCCCCOC(=O)CCC. The third-order valence-corrected chi connectivity index (χ3v) is 4.76. The lowest BCUT2D eigenvalue weighted by molar-refractivity contribution is -0.144. The van der Waals surface area contributed by atoms with Crippen molar-refractivity contribution in [1.29, 1.82) is 0 Å². The Morgan fingerprint density at radius 2 is 1.00 bits per heavy atom. The smallest absolute Gasteiger partial charge is 0.305 e. The highest BCUT2D eigenvalue weighted by atomic mass is 16.5. The number of aliphatic carboxylic acids is 1. The quantitative estimate of drug-likeness (QED) is 0.161. The fourth-order valence-corrected chi connectivity index (χ4v) is 2.62.